The third kappa shape index (κ3) is 3.14. The number of rotatable bonds is 5. The van der Waals surface area contributed by atoms with Crippen LogP contribution in [0.3, 0.4) is 0 Å². The van der Waals surface area contributed by atoms with Crippen molar-refractivity contribution in [1.29, 1.82) is 5.41 Å². The number of methoxy groups -OCH3 is 1. The van der Waals surface area contributed by atoms with Crippen LogP contribution in [0.2, 0.25) is 0 Å². The molecule has 0 aliphatic carbocycles. The zero-order chi connectivity index (χ0) is 18.0. The molecule has 6 nitrogen and oxygen atoms in total. The Morgan fingerprint density at radius 2 is 2.12 bits per heavy atom. The van der Waals surface area contributed by atoms with Crippen molar-refractivity contribution < 1.29 is 9.53 Å². The summed E-state index contributed by atoms with van der Waals surface area (Å²) in [6, 6.07) is 9.03. The molecule has 0 saturated heterocycles. The molecule has 3 aromatic rings. The van der Waals surface area contributed by atoms with Crippen molar-refractivity contribution in [3.63, 3.8) is 0 Å². The number of hydrogen-bond donors (Lipinski definition) is 2. The summed E-state index contributed by atoms with van der Waals surface area (Å²) in [5.41, 5.74) is 9.35. The zero-order valence-electron chi connectivity index (χ0n) is 13.7. The number of para-hydroxylation sites is 1. The SMILES string of the molecule is COc1ccc(-c2sc(C(=N)c3cccc(C)c3N)nc2C=O)cn1. The number of anilines is 1. The molecule has 2 heterocycles. The highest BCUT2D eigenvalue weighted by molar-refractivity contribution is 7.17. The highest BCUT2D eigenvalue weighted by atomic mass is 32.1. The van der Waals surface area contributed by atoms with E-state index in [0.717, 1.165) is 11.1 Å². The van der Waals surface area contributed by atoms with Crippen LogP contribution >= 0.6 is 11.3 Å². The first-order chi connectivity index (χ1) is 12.0. The summed E-state index contributed by atoms with van der Waals surface area (Å²) < 4.78 is 5.05. The normalized spacial score (nSPS) is 10.5. The molecule has 0 radical (unpaired) electrons. The smallest absolute Gasteiger partial charge is 0.212 e. The van der Waals surface area contributed by atoms with Gasteiger partial charge in [-0.1, -0.05) is 18.2 Å². The lowest BCUT2D eigenvalue weighted by atomic mass is 10.0. The van der Waals surface area contributed by atoms with Crippen molar-refractivity contribution in [3.8, 4) is 16.3 Å². The van der Waals surface area contributed by atoms with Crippen LogP contribution in [-0.2, 0) is 0 Å². The van der Waals surface area contributed by atoms with Crippen LogP contribution in [0.5, 0.6) is 5.88 Å². The summed E-state index contributed by atoms with van der Waals surface area (Å²) >= 11 is 1.26. The quantitative estimate of drug-likeness (QED) is 0.416. The lowest BCUT2D eigenvalue weighted by Crippen LogP contribution is -2.06. The molecule has 0 aliphatic rings. The number of nitrogens with zero attached hydrogens (tertiary/aromatic N) is 2. The number of nitrogens with two attached hydrogens (primary N) is 1. The van der Waals surface area contributed by atoms with E-state index in [4.69, 9.17) is 15.9 Å². The topological polar surface area (TPSA) is 102 Å². The van der Waals surface area contributed by atoms with Crippen molar-refractivity contribution in [2.24, 2.45) is 0 Å². The number of hydrogen-bond acceptors (Lipinski definition) is 7. The van der Waals surface area contributed by atoms with Gasteiger partial charge < -0.3 is 10.5 Å². The van der Waals surface area contributed by atoms with Crippen molar-refractivity contribution in [2.45, 2.75) is 6.92 Å². The predicted molar refractivity (Wildman–Crippen MR) is 98.8 cm³/mol. The number of ether oxygens (including phenoxy) is 1. The van der Waals surface area contributed by atoms with E-state index >= 15 is 0 Å². The number of pyridine rings is 1. The number of nitrogens with one attached hydrogen (secondary N) is 1. The molecule has 0 spiro atoms. The van der Waals surface area contributed by atoms with Gasteiger partial charge in [0.25, 0.3) is 0 Å². The van der Waals surface area contributed by atoms with Gasteiger partial charge in [0.05, 0.1) is 17.7 Å². The second kappa shape index (κ2) is 6.82. The highest BCUT2D eigenvalue weighted by Gasteiger charge is 2.18. The van der Waals surface area contributed by atoms with Gasteiger partial charge in [0.2, 0.25) is 5.88 Å². The van der Waals surface area contributed by atoms with Gasteiger partial charge in [-0.25, -0.2) is 9.97 Å². The average molecular weight is 352 g/mol. The monoisotopic (exact) mass is 352 g/mol. The van der Waals surface area contributed by atoms with Gasteiger partial charge in [-0.05, 0) is 18.6 Å². The van der Waals surface area contributed by atoms with Crippen LogP contribution in [0, 0.1) is 12.3 Å². The molecule has 0 fully saturated rings. The predicted octanol–water partition coefficient (Wildman–Crippen LogP) is 3.33. The van der Waals surface area contributed by atoms with Gasteiger partial charge in [-0.15, -0.1) is 11.3 Å². The molecule has 126 valence electrons. The Kier molecular flexibility index (Phi) is 4.58. The number of carbonyl (C=O) groups excluding carboxylic acids is 1. The Bertz CT molecular complexity index is 948. The van der Waals surface area contributed by atoms with Gasteiger partial charge in [0, 0.05) is 29.1 Å². The number of aryl methyl sites for hydroxylation is 1. The Hall–Kier alpha value is -3.06. The Morgan fingerprint density at radius 3 is 2.76 bits per heavy atom. The van der Waals surface area contributed by atoms with Crippen LogP contribution in [0.4, 0.5) is 5.69 Å². The minimum Gasteiger partial charge on any atom is -0.481 e. The summed E-state index contributed by atoms with van der Waals surface area (Å²) in [5, 5.41) is 8.87. The molecule has 3 N–H and O–H groups in total. The molecule has 2 aromatic heterocycles. The fourth-order valence-electron chi connectivity index (χ4n) is 2.37. The van der Waals surface area contributed by atoms with Crippen LogP contribution < -0.4 is 10.5 Å². The van der Waals surface area contributed by atoms with E-state index in [1.165, 1.54) is 18.4 Å². The lowest BCUT2D eigenvalue weighted by Gasteiger charge is -2.07. The number of thiazole rings is 1. The van der Waals surface area contributed by atoms with Crippen LogP contribution in [-0.4, -0.2) is 29.1 Å². The van der Waals surface area contributed by atoms with Crippen molar-refractivity contribution in [1.82, 2.24) is 9.97 Å². The molecule has 0 atom stereocenters. The Labute approximate surface area is 148 Å². The summed E-state index contributed by atoms with van der Waals surface area (Å²) in [7, 11) is 1.54. The second-order valence-electron chi connectivity index (χ2n) is 5.35. The van der Waals surface area contributed by atoms with Gasteiger partial charge >= 0.3 is 0 Å². The standard InChI is InChI=1S/C18H16N4O2S/c1-10-4-3-5-12(15(10)19)16(20)18-22-13(9-23)17(25-18)11-6-7-14(24-2)21-8-11/h3-9,20H,19H2,1-2H3. The number of benzene rings is 1. The van der Waals surface area contributed by atoms with E-state index in [1.54, 1.807) is 24.4 Å². The van der Waals surface area contributed by atoms with E-state index in [2.05, 4.69) is 9.97 Å². The Balaban J connectivity index is 2.04. The van der Waals surface area contributed by atoms with E-state index in [1.807, 2.05) is 19.1 Å². The number of nitrogen functional groups attached to an aromatic ring is 1. The summed E-state index contributed by atoms with van der Waals surface area (Å²) in [6.45, 7) is 1.89. The molecular formula is C18H16N4O2S. The van der Waals surface area contributed by atoms with E-state index in [9.17, 15) is 4.79 Å². The maximum Gasteiger partial charge on any atom is 0.212 e. The largest absolute Gasteiger partial charge is 0.481 e. The van der Waals surface area contributed by atoms with Crippen LogP contribution in [0.25, 0.3) is 10.4 Å². The molecule has 0 aliphatic heterocycles. The number of carbonyl (C=O) groups is 1. The van der Waals surface area contributed by atoms with Gasteiger partial charge in [-0.2, -0.15) is 0 Å². The molecule has 0 bridgehead atoms. The first-order valence-corrected chi connectivity index (χ1v) is 8.27. The summed E-state index contributed by atoms with van der Waals surface area (Å²) in [4.78, 5) is 20.5. The van der Waals surface area contributed by atoms with Crippen LogP contribution in [0.15, 0.2) is 36.5 Å². The molecule has 0 unspecified atom stereocenters. The molecule has 1 aromatic carbocycles. The van der Waals surface area contributed by atoms with Crippen molar-refractivity contribution >= 4 is 29.0 Å². The zero-order valence-corrected chi connectivity index (χ0v) is 14.6. The number of aromatic nitrogens is 2. The van der Waals surface area contributed by atoms with Gasteiger partial charge in [0.15, 0.2) is 6.29 Å². The first kappa shape index (κ1) is 16.8. The lowest BCUT2D eigenvalue weighted by molar-refractivity contribution is 0.112. The number of aldehydes is 1. The van der Waals surface area contributed by atoms with E-state index in [0.29, 0.717) is 33.3 Å². The summed E-state index contributed by atoms with van der Waals surface area (Å²) in [5.74, 6) is 0.487. The maximum absolute atomic E-state index is 11.4. The van der Waals surface area contributed by atoms with E-state index in [-0.39, 0.29) is 11.4 Å². The molecule has 0 saturated carbocycles. The maximum atomic E-state index is 11.4. The Morgan fingerprint density at radius 1 is 1.32 bits per heavy atom. The molecule has 0 amide bonds. The molecular weight excluding hydrogens is 336 g/mol. The molecule has 3 rings (SSSR count). The van der Waals surface area contributed by atoms with Crippen molar-refractivity contribution in [2.75, 3.05) is 12.8 Å². The summed E-state index contributed by atoms with van der Waals surface area (Å²) in [6.07, 6.45) is 2.31. The third-order valence-electron chi connectivity index (χ3n) is 3.78. The minimum absolute atomic E-state index is 0.196. The van der Waals surface area contributed by atoms with Crippen LogP contribution in [0.1, 0.15) is 26.6 Å². The average Bonchev–Trinajstić information content (AvgIpc) is 3.08. The van der Waals surface area contributed by atoms with E-state index < -0.39 is 0 Å². The van der Waals surface area contributed by atoms with Gasteiger partial charge in [0.1, 0.15) is 10.7 Å². The molecule has 7 heteroatoms. The fraction of sp³-hybridized carbons (Fsp3) is 0.111. The second-order valence-corrected chi connectivity index (χ2v) is 6.35. The molecule has 25 heavy (non-hydrogen) atoms. The first-order valence-electron chi connectivity index (χ1n) is 7.46. The minimum atomic E-state index is 0.196. The van der Waals surface area contributed by atoms with Gasteiger partial charge in [-0.3, -0.25) is 10.2 Å². The highest BCUT2D eigenvalue weighted by Crippen LogP contribution is 2.32. The third-order valence-corrected chi connectivity index (χ3v) is 4.92. The fourth-order valence-corrected chi connectivity index (χ4v) is 3.36. The van der Waals surface area contributed by atoms with Crippen molar-refractivity contribution in [3.05, 3.63) is 58.4 Å².